The van der Waals surface area contributed by atoms with Gasteiger partial charge in [-0.2, -0.15) is 0 Å². The number of hydrogen-bond donors (Lipinski definition) is 1. The van der Waals surface area contributed by atoms with E-state index >= 15 is 0 Å². The Morgan fingerprint density at radius 1 is 1.05 bits per heavy atom. The van der Waals surface area contributed by atoms with Crippen LogP contribution in [0.4, 0.5) is 0 Å². The minimum absolute atomic E-state index is 0.531. The number of aromatic nitrogens is 1. The van der Waals surface area contributed by atoms with Crippen molar-refractivity contribution in [1.82, 2.24) is 4.98 Å². The molecular formula is C18H18N2S. The van der Waals surface area contributed by atoms with Gasteiger partial charge in [0.2, 0.25) is 0 Å². The number of para-hydroxylation sites is 1. The molecule has 21 heavy (non-hydrogen) atoms. The van der Waals surface area contributed by atoms with Crippen LogP contribution in [-0.4, -0.2) is 4.98 Å². The highest BCUT2D eigenvalue weighted by molar-refractivity contribution is 7.99. The van der Waals surface area contributed by atoms with Crippen LogP contribution >= 0.6 is 11.8 Å². The van der Waals surface area contributed by atoms with Gasteiger partial charge in [-0.1, -0.05) is 42.1 Å². The number of nitrogens with zero attached hydrogens (tertiary/aromatic N) is 1. The number of nitrogens with two attached hydrogens (primary N) is 1. The van der Waals surface area contributed by atoms with Gasteiger partial charge >= 0.3 is 0 Å². The number of rotatable bonds is 3. The second-order valence-corrected chi connectivity index (χ2v) is 6.27. The highest BCUT2D eigenvalue weighted by atomic mass is 32.2. The van der Waals surface area contributed by atoms with Crippen molar-refractivity contribution in [3.8, 4) is 0 Å². The van der Waals surface area contributed by atoms with Crippen LogP contribution in [-0.2, 0) is 6.54 Å². The molecule has 1 heterocycles. The van der Waals surface area contributed by atoms with Gasteiger partial charge in [-0.05, 0) is 48.7 Å². The predicted molar refractivity (Wildman–Crippen MR) is 89.7 cm³/mol. The van der Waals surface area contributed by atoms with Crippen molar-refractivity contribution < 1.29 is 0 Å². The SMILES string of the molecule is Cc1ccc(C)c(Sc2cc(CN)c3ccccc3n2)c1. The average molecular weight is 294 g/mol. The maximum absolute atomic E-state index is 5.90. The fourth-order valence-corrected chi connectivity index (χ4v) is 3.42. The largest absolute Gasteiger partial charge is 0.326 e. The molecule has 1 aromatic heterocycles. The van der Waals surface area contributed by atoms with Crippen molar-refractivity contribution in [3.63, 3.8) is 0 Å². The van der Waals surface area contributed by atoms with Crippen molar-refractivity contribution in [2.75, 3.05) is 0 Å². The van der Waals surface area contributed by atoms with Gasteiger partial charge in [0.25, 0.3) is 0 Å². The summed E-state index contributed by atoms with van der Waals surface area (Å²) in [5.74, 6) is 0. The molecule has 3 heteroatoms. The molecule has 0 atom stereocenters. The lowest BCUT2D eigenvalue weighted by Gasteiger charge is -2.10. The van der Waals surface area contributed by atoms with Gasteiger partial charge in [-0.15, -0.1) is 0 Å². The van der Waals surface area contributed by atoms with E-state index in [-0.39, 0.29) is 0 Å². The van der Waals surface area contributed by atoms with E-state index in [1.807, 2.05) is 18.2 Å². The molecule has 0 amide bonds. The Kier molecular flexibility index (Phi) is 3.95. The molecule has 3 aromatic rings. The molecule has 0 saturated heterocycles. The summed E-state index contributed by atoms with van der Waals surface area (Å²) >= 11 is 1.71. The zero-order valence-electron chi connectivity index (χ0n) is 12.3. The summed E-state index contributed by atoms with van der Waals surface area (Å²) < 4.78 is 0. The van der Waals surface area contributed by atoms with Crippen LogP contribution in [0.5, 0.6) is 0 Å². The lowest BCUT2D eigenvalue weighted by Crippen LogP contribution is -1.99. The minimum atomic E-state index is 0.531. The highest BCUT2D eigenvalue weighted by Crippen LogP contribution is 2.32. The summed E-state index contributed by atoms with van der Waals surface area (Å²) in [6.07, 6.45) is 0. The molecule has 0 aliphatic carbocycles. The molecule has 0 fully saturated rings. The van der Waals surface area contributed by atoms with Crippen LogP contribution in [0.2, 0.25) is 0 Å². The Bertz CT molecular complexity index is 796. The molecule has 106 valence electrons. The van der Waals surface area contributed by atoms with Gasteiger partial charge in [0.15, 0.2) is 0 Å². The maximum Gasteiger partial charge on any atom is 0.102 e. The molecule has 0 aliphatic rings. The van der Waals surface area contributed by atoms with Crippen molar-refractivity contribution in [1.29, 1.82) is 0 Å². The molecule has 0 aliphatic heterocycles. The molecule has 0 spiro atoms. The summed E-state index contributed by atoms with van der Waals surface area (Å²) in [6, 6.07) is 16.8. The van der Waals surface area contributed by atoms with Gasteiger partial charge in [-0.3, -0.25) is 0 Å². The van der Waals surface area contributed by atoms with Crippen LogP contribution in [0.3, 0.4) is 0 Å². The number of pyridine rings is 1. The zero-order chi connectivity index (χ0) is 14.8. The standard InChI is InChI=1S/C18H18N2S/c1-12-7-8-13(2)17(9-12)21-18-10-14(11-19)15-5-3-4-6-16(15)20-18/h3-10H,11,19H2,1-2H3. The first-order valence-corrected chi connectivity index (χ1v) is 7.83. The number of hydrogen-bond acceptors (Lipinski definition) is 3. The first-order chi connectivity index (χ1) is 10.2. The van der Waals surface area contributed by atoms with Gasteiger partial charge < -0.3 is 5.73 Å². The Balaban J connectivity index is 2.06. The first-order valence-electron chi connectivity index (χ1n) is 7.01. The molecule has 3 rings (SSSR count). The highest BCUT2D eigenvalue weighted by Gasteiger charge is 2.07. The van der Waals surface area contributed by atoms with E-state index in [9.17, 15) is 0 Å². The summed E-state index contributed by atoms with van der Waals surface area (Å²) in [5.41, 5.74) is 10.6. The van der Waals surface area contributed by atoms with Crippen LogP contribution in [0, 0.1) is 13.8 Å². The monoisotopic (exact) mass is 294 g/mol. The topological polar surface area (TPSA) is 38.9 Å². The van der Waals surface area contributed by atoms with Gasteiger partial charge in [0.05, 0.1) is 5.52 Å². The molecule has 0 bridgehead atoms. The fraction of sp³-hybridized carbons (Fsp3) is 0.167. The molecule has 2 N–H and O–H groups in total. The molecule has 0 radical (unpaired) electrons. The third kappa shape index (κ3) is 2.94. The number of benzene rings is 2. The Hall–Kier alpha value is -1.84. The first kappa shape index (κ1) is 14.1. The Labute approximate surface area is 129 Å². The van der Waals surface area contributed by atoms with Crippen molar-refractivity contribution >= 4 is 22.7 Å². The normalized spacial score (nSPS) is 11.0. The van der Waals surface area contributed by atoms with Gasteiger partial charge in [0.1, 0.15) is 5.03 Å². The van der Waals surface area contributed by atoms with E-state index in [2.05, 4.69) is 44.2 Å². The minimum Gasteiger partial charge on any atom is -0.326 e. The van der Waals surface area contributed by atoms with E-state index in [0.717, 1.165) is 21.5 Å². The van der Waals surface area contributed by atoms with Crippen LogP contribution < -0.4 is 5.73 Å². The molecule has 0 saturated carbocycles. The molecule has 2 nitrogen and oxygen atoms in total. The van der Waals surface area contributed by atoms with Crippen molar-refractivity contribution in [3.05, 3.63) is 65.2 Å². The molecule has 0 unspecified atom stereocenters. The van der Waals surface area contributed by atoms with Crippen molar-refractivity contribution in [2.24, 2.45) is 5.73 Å². The van der Waals surface area contributed by atoms with E-state index < -0.39 is 0 Å². The van der Waals surface area contributed by atoms with Crippen molar-refractivity contribution in [2.45, 2.75) is 30.3 Å². The number of aryl methyl sites for hydroxylation is 2. The van der Waals surface area contributed by atoms with Gasteiger partial charge in [-0.25, -0.2) is 4.98 Å². The third-order valence-corrected chi connectivity index (χ3v) is 4.63. The lowest BCUT2D eigenvalue weighted by molar-refractivity contribution is 1.05. The van der Waals surface area contributed by atoms with Crippen LogP contribution in [0.15, 0.2) is 58.5 Å². The summed E-state index contributed by atoms with van der Waals surface area (Å²) in [5, 5.41) is 2.15. The van der Waals surface area contributed by atoms with E-state index in [0.29, 0.717) is 6.54 Å². The third-order valence-electron chi connectivity index (χ3n) is 3.56. The van der Waals surface area contributed by atoms with E-state index in [4.69, 9.17) is 10.7 Å². The quantitative estimate of drug-likeness (QED) is 0.775. The average Bonchev–Trinajstić information content (AvgIpc) is 2.50. The smallest absolute Gasteiger partial charge is 0.102 e. The Morgan fingerprint density at radius 3 is 2.67 bits per heavy atom. The lowest BCUT2D eigenvalue weighted by atomic mass is 10.1. The number of fused-ring (bicyclic) bond motifs is 1. The van der Waals surface area contributed by atoms with E-state index in [1.54, 1.807) is 11.8 Å². The molecule has 2 aromatic carbocycles. The Morgan fingerprint density at radius 2 is 1.86 bits per heavy atom. The zero-order valence-corrected chi connectivity index (χ0v) is 13.1. The van der Waals surface area contributed by atoms with E-state index in [1.165, 1.54) is 16.0 Å². The second-order valence-electron chi connectivity index (χ2n) is 5.21. The summed E-state index contributed by atoms with van der Waals surface area (Å²) in [7, 11) is 0. The molecular weight excluding hydrogens is 276 g/mol. The van der Waals surface area contributed by atoms with Crippen LogP contribution in [0.25, 0.3) is 10.9 Å². The maximum atomic E-state index is 5.90. The summed E-state index contributed by atoms with van der Waals surface area (Å²) in [6.45, 7) is 4.78. The second kappa shape index (κ2) is 5.88. The summed E-state index contributed by atoms with van der Waals surface area (Å²) in [4.78, 5) is 6.01. The fourth-order valence-electron chi connectivity index (χ4n) is 2.37. The predicted octanol–water partition coefficient (Wildman–Crippen LogP) is 4.46. The van der Waals surface area contributed by atoms with Crippen LogP contribution in [0.1, 0.15) is 16.7 Å². The van der Waals surface area contributed by atoms with Gasteiger partial charge in [0, 0.05) is 16.8 Å².